The number of rotatable bonds is 3. The first kappa shape index (κ1) is 22.3. The largest absolute Gasteiger partial charge is 0.444 e. The van der Waals surface area contributed by atoms with Crippen LogP contribution in [0.5, 0.6) is 0 Å². The second-order valence-electron chi connectivity index (χ2n) is 9.72. The number of amides is 1. The molecule has 170 valence electrons. The Morgan fingerprint density at radius 3 is 2.50 bits per heavy atom. The number of fused-ring (bicyclic) bond motifs is 1. The van der Waals surface area contributed by atoms with E-state index in [0.717, 1.165) is 68.6 Å². The normalized spacial score (nSPS) is 22.4. The standard InChI is InChI=1S/C24H32N6O2/c1-24(2,3)32-23(31)30-12-10-29(11-13-30)19-7-5-18(6-8-19)28-22-20-14-17(15-25)4-9-21(20)26-16-27-22/h4,9,14,16,18-19H,5-8,10-13H2,1-3H3,(H,26,27,28). The number of hydrogen-bond donors (Lipinski definition) is 1. The summed E-state index contributed by atoms with van der Waals surface area (Å²) in [5.74, 6) is 0.807. The van der Waals surface area contributed by atoms with Gasteiger partial charge in [-0.3, -0.25) is 4.90 Å². The van der Waals surface area contributed by atoms with E-state index in [9.17, 15) is 10.1 Å². The lowest BCUT2D eigenvalue weighted by Crippen LogP contribution is -2.53. The summed E-state index contributed by atoms with van der Waals surface area (Å²) in [4.78, 5) is 25.4. The number of aromatic nitrogens is 2. The van der Waals surface area contributed by atoms with Crippen molar-refractivity contribution in [2.45, 2.75) is 64.1 Å². The number of nitrogens with one attached hydrogen (secondary N) is 1. The SMILES string of the molecule is CC(C)(C)OC(=O)N1CCN(C2CCC(Nc3ncnc4ccc(C#N)cc34)CC2)CC1. The molecule has 1 aliphatic heterocycles. The maximum Gasteiger partial charge on any atom is 0.410 e. The zero-order valence-corrected chi connectivity index (χ0v) is 19.2. The van der Waals surface area contributed by atoms with E-state index in [1.807, 2.05) is 37.8 Å². The molecule has 0 unspecified atom stereocenters. The van der Waals surface area contributed by atoms with E-state index in [0.29, 0.717) is 17.6 Å². The van der Waals surface area contributed by atoms with Crippen molar-refractivity contribution in [2.24, 2.45) is 0 Å². The highest BCUT2D eigenvalue weighted by atomic mass is 16.6. The van der Waals surface area contributed by atoms with Crippen molar-refractivity contribution in [3.8, 4) is 6.07 Å². The van der Waals surface area contributed by atoms with E-state index in [-0.39, 0.29) is 6.09 Å². The lowest BCUT2D eigenvalue weighted by Gasteiger charge is -2.42. The zero-order valence-electron chi connectivity index (χ0n) is 19.2. The van der Waals surface area contributed by atoms with Gasteiger partial charge in [-0.1, -0.05) is 0 Å². The summed E-state index contributed by atoms with van der Waals surface area (Å²) in [6, 6.07) is 8.62. The Balaban J connectivity index is 1.29. The molecule has 1 aromatic heterocycles. The highest BCUT2D eigenvalue weighted by molar-refractivity contribution is 5.89. The lowest BCUT2D eigenvalue weighted by atomic mass is 9.89. The van der Waals surface area contributed by atoms with Crippen LogP contribution in [0.3, 0.4) is 0 Å². The number of ether oxygens (including phenoxy) is 1. The van der Waals surface area contributed by atoms with Crippen LogP contribution in [-0.2, 0) is 4.74 Å². The summed E-state index contributed by atoms with van der Waals surface area (Å²) in [5.41, 5.74) is 1.01. The van der Waals surface area contributed by atoms with Gasteiger partial charge in [0.15, 0.2) is 0 Å². The quantitative estimate of drug-likeness (QED) is 0.782. The predicted molar refractivity (Wildman–Crippen MR) is 123 cm³/mol. The van der Waals surface area contributed by atoms with Gasteiger partial charge >= 0.3 is 6.09 Å². The molecule has 0 spiro atoms. The number of piperazine rings is 1. The third-order valence-corrected chi connectivity index (χ3v) is 6.28. The van der Waals surface area contributed by atoms with Gasteiger partial charge in [-0.05, 0) is 64.7 Å². The number of anilines is 1. The Kier molecular flexibility index (Phi) is 6.47. The third-order valence-electron chi connectivity index (χ3n) is 6.28. The van der Waals surface area contributed by atoms with E-state index in [1.165, 1.54) is 0 Å². The van der Waals surface area contributed by atoms with Crippen molar-refractivity contribution in [3.63, 3.8) is 0 Å². The molecule has 2 fully saturated rings. The Labute approximate surface area is 189 Å². The van der Waals surface area contributed by atoms with Gasteiger partial charge in [-0.25, -0.2) is 14.8 Å². The number of benzene rings is 1. The smallest absolute Gasteiger partial charge is 0.410 e. The topological polar surface area (TPSA) is 94.4 Å². The van der Waals surface area contributed by atoms with Gasteiger partial charge in [-0.2, -0.15) is 5.26 Å². The Morgan fingerprint density at radius 2 is 1.84 bits per heavy atom. The van der Waals surface area contributed by atoms with Gasteiger partial charge in [0.2, 0.25) is 0 Å². The molecule has 32 heavy (non-hydrogen) atoms. The van der Waals surface area contributed by atoms with E-state index in [4.69, 9.17) is 4.74 Å². The summed E-state index contributed by atoms with van der Waals surface area (Å²) in [6.45, 7) is 8.95. The number of carbonyl (C=O) groups is 1. The second kappa shape index (κ2) is 9.29. The molecule has 1 saturated carbocycles. The average Bonchev–Trinajstić information content (AvgIpc) is 2.78. The highest BCUT2D eigenvalue weighted by Crippen LogP contribution is 2.28. The summed E-state index contributed by atoms with van der Waals surface area (Å²) in [5, 5.41) is 13.7. The molecule has 4 rings (SSSR count). The first-order chi connectivity index (χ1) is 15.3. The molecule has 1 saturated heterocycles. The fourth-order valence-electron chi connectivity index (χ4n) is 4.62. The minimum absolute atomic E-state index is 0.207. The number of nitrogens with zero attached hydrogens (tertiary/aromatic N) is 5. The number of nitriles is 1. The van der Waals surface area contributed by atoms with Crippen molar-refractivity contribution < 1.29 is 9.53 Å². The van der Waals surface area contributed by atoms with Gasteiger partial charge in [0.25, 0.3) is 0 Å². The molecular formula is C24H32N6O2. The Bertz CT molecular complexity index is 996. The van der Waals surface area contributed by atoms with Gasteiger partial charge < -0.3 is 15.0 Å². The molecule has 2 aliphatic rings. The van der Waals surface area contributed by atoms with E-state index < -0.39 is 5.60 Å². The molecule has 1 amide bonds. The Morgan fingerprint density at radius 1 is 1.12 bits per heavy atom. The molecule has 1 N–H and O–H groups in total. The molecule has 1 aliphatic carbocycles. The van der Waals surface area contributed by atoms with Crippen LogP contribution in [0.15, 0.2) is 24.5 Å². The molecule has 8 heteroatoms. The van der Waals surface area contributed by atoms with E-state index in [1.54, 1.807) is 12.4 Å². The van der Waals surface area contributed by atoms with Gasteiger partial charge in [0.05, 0.1) is 17.1 Å². The first-order valence-corrected chi connectivity index (χ1v) is 11.5. The molecule has 0 radical (unpaired) electrons. The average molecular weight is 437 g/mol. The predicted octanol–water partition coefficient (Wildman–Crippen LogP) is 3.78. The first-order valence-electron chi connectivity index (χ1n) is 11.5. The monoisotopic (exact) mass is 436 g/mol. The highest BCUT2D eigenvalue weighted by Gasteiger charge is 2.31. The molecule has 2 heterocycles. The molecular weight excluding hydrogens is 404 g/mol. The van der Waals surface area contributed by atoms with Crippen LogP contribution in [0, 0.1) is 11.3 Å². The van der Waals surface area contributed by atoms with Gasteiger partial charge in [0, 0.05) is 43.6 Å². The third kappa shape index (κ3) is 5.28. The Hall–Kier alpha value is -2.92. The molecule has 8 nitrogen and oxygen atoms in total. The van der Waals surface area contributed by atoms with E-state index in [2.05, 4.69) is 26.3 Å². The van der Waals surface area contributed by atoms with Crippen LogP contribution in [0.25, 0.3) is 10.9 Å². The van der Waals surface area contributed by atoms with Crippen LogP contribution in [0.2, 0.25) is 0 Å². The summed E-state index contributed by atoms with van der Waals surface area (Å²) >= 11 is 0. The fourth-order valence-corrected chi connectivity index (χ4v) is 4.62. The van der Waals surface area contributed by atoms with Crippen molar-refractivity contribution in [2.75, 3.05) is 31.5 Å². The van der Waals surface area contributed by atoms with Gasteiger partial charge in [-0.15, -0.1) is 0 Å². The van der Waals surface area contributed by atoms with E-state index >= 15 is 0 Å². The van der Waals surface area contributed by atoms with Crippen LogP contribution < -0.4 is 5.32 Å². The number of carbonyl (C=O) groups excluding carboxylic acids is 1. The summed E-state index contributed by atoms with van der Waals surface area (Å²) < 4.78 is 5.51. The van der Waals surface area contributed by atoms with Crippen LogP contribution >= 0.6 is 0 Å². The van der Waals surface area contributed by atoms with Crippen molar-refractivity contribution in [3.05, 3.63) is 30.1 Å². The van der Waals surface area contributed by atoms with Crippen molar-refractivity contribution in [1.82, 2.24) is 19.8 Å². The van der Waals surface area contributed by atoms with Crippen LogP contribution in [0.4, 0.5) is 10.6 Å². The molecule has 1 aromatic carbocycles. The second-order valence-corrected chi connectivity index (χ2v) is 9.72. The molecule has 0 atom stereocenters. The van der Waals surface area contributed by atoms with Crippen LogP contribution in [-0.4, -0.2) is 69.7 Å². The van der Waals surface area contributed by atoms with Crippen molar-refractivity contribution in [1.29, 1.82) is 5.26 Å². The molecule has 0 bridgehead atoms. The van der Waals surface area contributed by atoms with Crippen LogP contribution in [0.1, 0.15) is 52.0 Å². The maximum atomic E-state index is 12.3. The zero-order chi connectivity index (χ0) is 22.7. The molecule has 2 aromatic rings. The lowest BCUT2D eigenvalue weighted by molar-refractivity contribution is 0.00806. The van der Waals surface area contributed by atoms with Gasteiger partial charge in [0.1, 0.15) is 17.7 Å². The minimum atomic E-state index is -0.454. The maximum absolute atomic E-state index is 12.3. The minimum Gasteiger partial charge on any atom is -0.444 e. The van der Waals surface area contributed by atoms with Crippen molar-refractivity contribution >= 4 is 22.8 Å². The summed E-state index contributed by atoms with van der Waals surface area (Å²) in [6.07, 6.45) is 5.75. The summed E-state index contributed by atoms with van der Waals surface area (Å²) in [7, 11) is 0. The fraction of sp³-hybridized carbons (Fsp3) is 0.583. The number of hydrogen-bond acceptors (Lipinski definition) is 7.